The first-order valence-corrected chi connectivity index (χ1v) is 8.17. The van der Waals surface area contributed by atoms with Gasteiger partial charge in [-0.15, -0.1) is 0 Å². The smallest absolute Gasteiger partial charge is 0.224 e. The molecule has 1 atom stereocenters. The van der Waals surface area contributed by atoms with E-state index in [1.807, 2.05) is 31.3 Å². The van der Waals surface area contributed by atoms with Gasteiger partial charge in [0.1, 0.15) is 11.4 Å². The number of aliphatic hydroxyl groups is 1. The molecule has 3 rings (SSSR count). The third kappa shape index (κ3) is 3.72. The molecule has 0 aliphatic rings. The third-order valence-corrected chi connectivity index (χ3v) is 4.44. The molecule has 1 heterocycles. The minimum Gasteiger partial charge on any atom is -0.384 e. The molecule has 0 fully saturated rings. The maximum absolute atomic E-state index is 13.0. The fraction of sp³-hybridized carbons (Fsp3) is 0.250. The van der Waals surface area contributed by atoms with Gasteiger partial charge >= 0.3 is 0 Å². The molecule has 4 nitrogen and oxygen atoms in total. The Morgan fingerprint density at radius 2 is 1.96 bits per heavy atom. The molecular weight excluding hydrogens is 319 g/mol. The van der Waals surface area contributed by atoms with Crippen molar-refractivity contribution in [2.24, 2.45) is 0 Å². The highest BCUT2D eigenvalue weighted by Crippen LogP contribution is 2.23. The molecule has 1 aromatic heterocycles. The number of fused-ring (bicyclic) bond motifs is 1. The first-order valence-electron chi connectivity index (χ1n) is 8.17. The third-order valence-electron chi connectivity index (χ3n) is 4.44. The van der Waals surface area contributed by atoms with Gasteiger partial charge in [-0.1, -0.05) is 24.3 Å². The summed E-state index contributed by atoms with van der Waals surface area (Å²) < 4.78 is 13.0. The highest BCUT2D eigenvalue weighted by atomic mass is 19.1. The number of carbonyl (C=O) groups is 1. The van der Waals surface area contributed by atoms with Gasteiger partial charge in [0.05, 0.1) is 13.0 Å². The molecule has 130 valence electrons. The van der Waals surface area contributed by atoms with Crippen molar-refractivity contribution in [2.75, 3.05) is 6.54 Å². The molecule has 25 heavy (non-hydrogen) atoms. The summed E-state index contributed by atoms with van der Waals surface area (Å²) in [6.45, 7) is 3.66. The molecule has 1 amide bonds. The number of aryl methyl sites for hydroxylation is 1. The molecule has 0 spiro atoms. The molecule has 0 aliphatic heterocycles. The Labute approximate surface area is 145 Å². The second-order valence-electron chi connectivity index (χ2n) is 6.55. The average molecular weight is 340 g/mol. The van der Waals surface area contributed by atoms with Crippen LogP contribution in [0.15, 0.2) is 48.7 Å². The number of amides is 1. The first-order chi connectivity index (χ1) is 11.9. The molecule has 0 radical (unpaired) electrons. The van der Waals surface area contributed by atoms with E-state index in [2.05, 4.69) is 10.3 Å². The van der Waals surface area contributed by atoms with E-state index in [-0.39, 0.29) is 24.7 Å². The number of aromatic nitrogens is 1. The molecule has 0 saturated heterocycles. The van der Waals surface area contributed by atoms with Crippen molar-refractivity contribution in [3.05, 3.63) is 71.2 Å². The van der Waals surface area contributed by atoms with Gasteiger partial charge in [-0.2, -0.15) is 0 Å². The summed E-state index contributed by atoms with van der Waals surface area (Å²) in [5, 5.41) is 14.3. The van der Waals surface area contributed by atoms with Crippen molar-refractivity contribution in [1.29, 1.82) is 0 Å². The number of carbonyl (C=O) groups excluding carboxylic acids is 1. The Balaban J connectivity index is 1.67. The second-order valence-corrected chi connectivity index (χ2v) is 6.55. The monoisotopic (exact) mass is 340 g/mol. The van der Waals surface area contributed by atoms with Gasteiger partial charge in [0.25, 0.3) is 0 Å². The average Bonchev–Trinajstić information content (AvgIpc) is 2.98. The van der Waals surface area contributed by atoms with Gasteiger partial charge in [-0.3, -0.25) is 4.79 Å². The van der Waals surface area contributed by atoms with Crippen LogP contribution in [0.1, 0.15) is 23.6 Å². The number of aromatic amines is 1. The number of rotatable bonds is 5. The van der Waals surface area contributed by atoms with E-state index in [0.717, 1.165) is 22.0 Å². The fourth-order valence-corrected chi connectivity index (χ4v) is 3.01. The van der Waals surface area contributed by atoms with Crippen LogP contribution in [-0.4, -0.2) is 22.5 Å². The van der Waals surface area contributed by atoms with Crippen LogP contribution in [-0.2, 0) is 16.8 Å². The quantitative estimate of drug-likeness (QED) is 0.668. The first kappa shape index (κ1) is 17.2. The Bertz CT molecular complexity index is 898. The van der Waals surface area contributed by atoms with E-state index in [1.54, 1.807) is 6.92 Å². The summed E-state index contributed by atoms with van der Waals surface area (Å²) >= 11 is 0. The standard InChI is InChI=1S/C20H21FN2O2/c1-13-4-3-5-17-19(13)14(11-22-17)10-18(24)23-12-20(2,25)15-6-8-16(21)9-7-15/h3-9,11,22,25H,10,12H2,1-2H3,(H,23,24). The molecule has 0 saturated carbocycles. The number of halogens is 1. The zero-order valence-electron chi connectivity index (χ0n) is 14.3. The largest absolute Gasteiger partial charge is 0.384 e. The van der Waals surface area contributed by atoms with Gasteiger partial charge in [0, 0.05) is 17.1 Å². The number of H-pyrrole nitrogens is 1. The van der Waals surface area contributed by atoms with Gasteiger partial charge in [0.15, 0.2) is 0 Å². The lowest BCUT2D eigenvalue weighted by molar-refractivity contribution is -0.121. The van der Waals surface area contributed by atoms with Gasteiger partial charge in [0.2, 0.25) is 5.91 Å². The van der Waals surface area contributed by atoms with E-state index in [0.29, 0.717) is 5.56 Å². The van der Waals surface area contributed by atoms with Crippen molar-refractivity contribution in [1.82, 2.24) is 10.3 Å². The highest BCUT2D eigenvalue weighted by Gasteiger charge is 2.24. The van der Waals surface area contributed by atoms with Gasteiger partial charge in [-0.05, 0) is 48.7 Å². The van der Waals surface area contributed by atoms with Gasteiger partial charge in [-0.25, -0.2) is 4.39 Å². The van der Waals surface area contributed by atoms with Crippen molar-refractivity contribution in [3.63, 3.8) is 0 Å². The van der Waals surface area contributed by atoms with Crippen LogP contribution in [0.25, 0.3) is 10.9 Å². The Hall–Kier alpha value is -2.66. The van der Waals surface area contributed by atoms with E-state index in [9.17, 15) is 14.3 Å². The zero-order chi connectivity index (χ0) is 18.0. The second kappa shape index (κ2) is 6.69. The van der Waals surface area contributed by atoms with Crippen LogP contribution in [0.3, 0.4) is 0 Å². The van der Waals surface area contributed by atoms with E-state index in [4.69, 9.17) is 0 Å². The summed E-state index contributed by atoms with van der Waals surface area (Å²) in [5.41, 5.74) is 2.32. The number of hydrogen-bond donors (Lipinski definition) is 3. The summed E-state index contributed by atoms with van der Waals surface area (Å²) in [6, 6.07) is 11.6. The topological polar surface area (TPSA) is 65.1 Å². The molecular formula is C20H21FN2O2. The summed E-state index contributed by atoms with van der Waals surface area (Å²) in [7, 11) is 0. The molecule has 5 heteroatoms. The lowest BCUT2D eigenvalue weighted by Crippen LogP contribution is -2.39. The van der Waals surface area contributed by atoms with Crippen LogP contribution in [0, 0.1) is 12.7 Å². The van der Waals surface area contributed by atoms with Crippen molar-refractivity contribution in [2.45, 2.75) is 25.9 Å². The highest BCUT2D eigenvalue weighted by molar-refractivity contribution is 5.91. The zero-order valence-corrected chi connectivity index (χ0v) is 14.3. The Morgan fingerprint density at radius 3 is 2.68 bits per heavy atom. The minimum atomic E-state index is -1.26. The number of nitrogens with one attached hydrogen (secondary N) is 2. The minimum absolute atomic E-state index is 0.0544. The normalized spacial score (nSPS) is 13.6. The van der Waals surface area contributed by atoms with Crippen molar-refractivity contribution < 1.29 is 14.3 Å². The lowest BCUT2D eigenvalue weighted by atomic mass is 9.96. The Morgan fingerprint density at radius 1 is 1.24 bits per heavy atom. The molecule has 0 aliphatic carbocycles. The SMILES string of the molecule is Cc1cccc2[nH]cc(CC(=O)NCC(C)(O)c3ccc(F)cc3)c12. The predicted octanol–water partition coefficient (Wildman–Crippen LogP) is 3.18. The molecule has 3 aromatic rings. The van der Waals surface area contributed by atoms with Crippen LogP contribution >= 0.6 is 0 Å². The number of hydrogen-bond acceptors (Lipinski definition) is 2. The lowest BCUT2D eigenvalue weighted by Gasteiger charge is -2.24. The van der Waals surface area contributed by atoms with Gasteiger partial charge < -0.3 is 15.4 Å². The molecule has 0 bridgehead atoms. The van der Waals surface area contributed by atoms with E-state index >= 15 is 0 Å². The summed E-state index contributed by atoms with van der Waals surface area (Å²) in [4.78, 5) is 15.5. The molecule has 2 aromatic carbocycles. The maximum atomic E-state index is 13.0. The van der Waals surface area contributed by atoms with Crippen LogP contribution in [0.2, 0.25) is 0 Å². The van der Waals surface area contributed by atoms with Crippen LogP contribution in [0.4, 0.5) is 4.39 Å². The Kier molecular flexibility index (Phi) is 4.59. The van der Waals surface area contributed by atoms with E-state index in [1.165, 1.54) is 24.3 Å². The maximum Gasteiger partial charge on any atom is 0.224 e. The fourth-order valence-electron chi connectivity index (χ4n) is 3.01. The molecule has 1 unspecified atom stereocenters. The van der Waals surface area contributed by atoms with E-state index < -0.39 is 5.60 Å². The number of benzene rings is 2. The summed E-state index contributed by atoms with van der Waals surface area (Å²) in [5.74, 6) is -0.537. The molecule has 3 N–H and O–H groups in total. The van der Waals surface area contributed by atoms with Crippen LogP contribution in [0.5, 0.6) is 0 Å². The van der Waals surface area contributed by atoms with Crippen molar-refractivity contribution >= 4 is 16.8 Å². The van der Waals surface area contributed by atoms with Crippen molar-refractivity contribution in [3.8, 4) is 0 Å². The summed E-state index contributed by atoms with van der Waals surface area (Å²) in [6.07, 6.45) is 2.07. The predicted molar refractivity (Wildman–Crippen MR) is 95.7 cm³/mol. The van der Waals surface area contributed by atoms with Crippen LogP contribution < -0.4 is 5.32 Å².